The van der Waals surface area contributed by atoms with Crippen molar-refractivity contribution in [1.82, 2.24) is 14.8 Å². The van der Waals surface area contributed by atoms with Gasteiger partial charge in [0, 0.05) is 0 Å². The Balaban J connectivity index is 2.39. The van der Waals surface area contributed by atoms with E-state index in [9.17, 15) is 9.90 Å². The predicted octanol–water partition coefficient (Wildman–Crippen LogP) is -1.61. The van der Waals surface area contributed by atoms with Gasteiger partial charge in [0.25, 0.3) is 0 Å². The summed E-state index contributed by atoms with van der Waals surface area (Å²) in [6.07, 6.45) is -2.93. The van der Waals surface area contributed by atoms with Crippen molar-refractivity contribution in [2.45, 2.75) is 30.7 Å². The summed E-state index contributed by atoms with van der Waals surface area (Å²) in [4.78, 5) is 15.2. The van der Waals surface area contributed by atoms with Gasteiger partial charge in [0.05, 0.1) is 6.61 Å². The number of nitrogens with two attached hydrogens (primary N) is 1. The summed E-state index contributed by atoms with van der Waals surface area (Å²) in [5, 5.41) is 21.7. The number of hydrogen-bond acceptors (Lipinski definition) is 7. The van der Waals surface area contributed by atoms with Crippen molar-refractivity contribution >= 4 is 17.4 Å². The van der Waals surface area contributed by atoms with E-state index in [4.69, 9.17) is 27.2 Å². The molecule has 8 nitrogen and oxygen atoms in total. The van der Waals surface area contributed by atoms with Crippen LogP contribution >= 0.6 is 11.6 Å². The average Bonchev–Trinajstić information content (AvgIpc) is 2.61. The van der Waals surface area contributed by atoms with E-state index in [-0.39, 0.29) is 5.82 Å². The standard InChI is InChI=1S/C9H13ClN4O4/c1-3-7(11)12-9(17)14(13-3)8-5(10)6(16)4(2-15)18-8/h4-6,8,15-16H,2H2,1H3,(H2,11,12,17)/t4-,5+,6-,8-/m1/s1. The zero-order chi connectivity index (χ0) is 13.4. The van der Waals surface area contributed by atoms with Crippen LogP contribution in [0.3, 0.4) is 0 Å². The molecule has 0 saturated carbocycles. The van der Waals surface area contributed by atoms with Gasteiger partial charge in [-0.15, -0.1) is 11.6 Å². The Morgan fingerprint density at radius 3 is 2.83 bits per heavy atom. The van der Waals surface area contributed by atoms with Crippen LogP contribution in [0, 0.1) is 6.92 Å². The maximum atomic E-state index is 11.7. The normalized spacial score (nSPS) is 31.8. The lowest BCUT2D eigenvalue weighted by Gasteiger charge is -2.15. The second-order valence-electron chi connectivity index (χ2n) is 3.99. The summed E-state index contributed by atoms with van der Waals surface area (Å²) in [5.41, 5.74) is 5.08. The topological polar surface area (TPSA) is 123 Å². The third-order valence-electron chi connectivity index (χ3n) is 2.76. The third-order valence-corrected chi connectivity index (χ3v) is 3.23. The Morgan fingerprint density at radius 1 is 1.61 bits per heavy atom. The molecule has 18 heavy (non-hydrogen) atoms. The van der Waals surface area contributed by atoms with Crippen LogP contribution < -0.4 is 11.4 Å². The number of rotatable bonds is 2. The first-order valence-corrected chi connectivity index (χ1v) is 5.70. The van der Waals surface area contributed by atoms with Gasteiger partial charge in [0.2, 0.25) is 0 Å². The smallest absolute Gasteiger partial charge is 0.368 e. The maximum Gasteiger partial charge on any atom is 0.368 e. The van der Waals surface area contributed by atoms with Crippen molar-refractivity contribution in [2.75, 3.05) is 12.3 Å². The van der Waals surface area contributed by atoms with E-state index in [2.05, 4.69) is 10.1 Å². The number of aryl methyl sites for hydroxylation is 1. The molecule has 100 valence electrons. The minimum absolute atomic E-state index is 0.0274. The van der Waals surface area contributed by atoms with Gasteiger partial charge >= 0.3 is 5.69 Å². The summed E-state index contributed by atoms with van der Waals surface area (Å²) in [5.74, 6) is 0.0274. The lowest BCUT2D eigenvalue weighted by Crippen LogP contribution is -2.35. The lowest BCUT2D eigenvalue weighted by molar-refractivity contribution is -0.0505. The Kier molecular flexibility index (Phi) is 3.53. The Bertz CT molecular complexity index is 508. The molecule has 4 N–H and O–H groups in total. The summed E-state index contributed by atoms with van der Waals surface area (Å²) >= 11 is 5.96. The second kappa shape index (κ2) is 4.81. The van der Waals surface area contributed by atoms with E-state index in [0.717, 1.165) is 4.68 Å². The molecule has 0 aliphatic carbocycles. The van der Waals surface area contributed by atoms with Crippen molar-refractivity contribution < 1.29 is 14.9 Å². The van der Waals surface area contributed by atoms with Crippen LogP contribution in [0.2, 0.25) is 0 Å². The van der Waals surface area contributed by atoms with Crippen molar-refractivity contribution in [3.63, 3.8) is 0 Å². The van der Waals surface area contributed by atoms with Gasteiger partial charge < -0.3 is 20.7 Å². The molecular formula is C9H13ClN4O4. The average molecular weight is 277 g/mol. The van der Waals surface area contributed by atoms with Gasteiger partial charge in [0.15, 0.2) is 12.0 Å². The molecule has 0 amide bonds. The summed E-state index contributed by atoms with van der Waals surface area (Å²) in [6.45, 7) is 1.17. The monoisotopic (exact) mass is 276 g/mol. The first kappa shape index (κ1) is 13.2. The molecule has 0 spiro atoms. The van der Waals surface area contributed by atoms with E-state index in [1.54, 1.807) is 6.92 Å². The molecule has 1 fully saturated rings. The number of hydrogen-bond donors (Lipinski definition) is 3. The lowest BCUT2D eigenvalue weighted by atomic mass is 10.2. The first-order valence-electron chi connectivity index (χ1n) is 5.27. The molecule has 2 heterocycles. The molecule has 0 unspecified atom stereocenters. The van der Waals surface area contributed by atoms with E-state index in [1.807, 2.05) is 0 Å². The van der Waals surface area contributed by atoms with Crippen LogP contribution in [-0.4, -0.2) is 49.2 Å². The van der Waals surface area contributed by atoms with Gasteiger partial charge in [0.1, 0.15) is 23.3 Å². The van der Waals surface area contributed by atoms with Crippen LogP contribution in [-0.2, 0) is 4.74 Å². The third kappa shape index (κ3) is 2.07. The molecule has 1 aliphatic rings. The highest BCUT2D eigenvalue weighted by Gasteiger charge is 2.44. The summed E-state index contributed by atoms with van der Waals surface area (Å²) in [7, 11) is 0. The van der Waals surface area contributed by atoms with E-state index in [1.165, 1.54) is 0 Å². The Labute approximate surface area is 107 Å². The van der Waals surface area contributed by atoms with Crippen LogP contribution in [0.5, 0.6) is 0 Å². The first-order chi connectivity index (χ1) is 8.45. The van der Waals surface area contributed by atoms with Crippen molar-refractivity contribution in [1.29, 1.82) is 0 Å². The number of ether oxygens (including phenoxy) is 1. The van der Waals surface area contributed by atoms with Gasteiger partial charge in [-0.25, -0.2) is 4.79 Å². The molecule has 0 radical (unpaired) electrons. The van der Waals surface area contributed by atoms with Gasteiger partial charge in [-0.3, -0.25) is 0 Å². The number of aliphatic hydroxyl groups is 2. The minimum Gasteiger partial charge on any atom is -0.394 e. The number of nitrogens with zero attached hydrogens (tertiary/aromatic N) is 3. The second-order valence-corrected chi connectivity index (χ2v) is 4.50. The quantitative estimate of drug-likeness (QED) is 0.555. The molecule has 0 aromatic carbocycles. The van der Waals surface area contributed by atoms with Gasteiger partial charge in [-0.1, -0.05) is 0 Å². The van der Waals surface area contributed by atoms with Gasteiger partial charge in [-0.2, -0.15) is 14.8 Å². The molecule has 1 saturated heterocycles. The molecule has 2 rings (SSSR count). The van der Waals surface area contributed by atoms with Crippen LogP contribution in [0.1, 0.15) is 11.9 Å². The highest BCUT2D eigenvalue weighted by atomic mass is 35.5. The van der Waals surface area contributed by atoms with Crippen molar-refractivity contribution in [2.24, 2.45) is 0 Å². The predicted molar refractivity (Wildman–Crippen MR) is 62.1 cm³/mol. The van der Waals surface area contributed by atoms with Crippen LogP contribution in [0.25, 0.3) is 0 Å². The summed E-state index contributed by atoms with van der Waals surface area (Å²) in [6, 6.07) is 0. The molecule has 1 aromatic heterocycles. The molecule has 1 aliphatic heterocycles. The van der Waals surface area contributed by atoms with Crippen molar-refractivity contribution in [3.05, 3.63) is 16.2 Å². The Morgan fingerprint density at radius 2 is 2.28 bits per heavy atom. The van der Waals surface area contributed by atoms with Gasteiger partial charge in [-0.05, 0) is 6.92 Å². The zero-order valence-corrected chi connectivity index (χ0v) is 10.3. The molecular weight excluding hydrogens is 264 g/mol. The number of aromatic nitrogens is 3. The fraction of sp³-hybridized carbons (Fsp3) is 0.667. The zero-order valence-electron chi connectivity index (χ0n) is 9.52. The Hall–Kier alpha value is -1.22. The number of anilines is 1. The summed E-state index contributed by atoms with van der Waals surface area (Å²) < 4.78 is 6.20. The molecule has 9 heteroatoms. The number of alkyl halides is 1. The highest BCUT2D eigenvalue weighted by molar-refractivity contribution is 6.21. The van der Waals surface area contributed by atoms with E-state index in [0.29, 0.717) is 5.69 Å². The number of halogens is 1. The SMILES string of the molecule is Cc1nn([C@@H]2O[C@H](CO)[C@@H](O)[C@@H]2Cl)c(=O)nc1N. The van der Waals surface area contributed by atoms with Crippen molar-refractivity contribution in [3.8, 4) is 0 Å². The molecule has 0 bridgehead atoms. The largest absolute Gasteiger partial charge is 0.394 e. The van der Waals surface area contributed by atoms with Crippen LogP contribution in [0.15, 0.2) is 4.79 Å². The van der Waals surface area contributed by atoms with Crippen LogP contribution in [0.4, 0.5) is 5.82 Å². The molecule has 1 aromatic rings. The minimum atomic E-state index is -1.09. The highest BCUT2D eigenvalue weighted by Crippen LogP contribution is 2.31. The fourth-order valence-electron chi connectivity index (χ4n) is 1.71. The number of nitrogen functional groups attached to an aromatic ring is 1. The molecule has 4 atom stereocenters. The van der Waals surface area contributed by atoms with E-state index < -0.39 is 36.1 Å². The maximum absolute atomic E-state index is 11.7. The fourth-order valence-corrected chi connectivity index (χ4v) is 2.04. The van der Waals surface area contributed by atoms with E-state index >= 15 is 0 Å². The number of aliphatic hydroxyl groups excluding tert-OH is 2.